The number of H-pyrrole nitrogens is 1. The van der Waals surface area contributed by atoms with Crippen LogP contribution < -0.4 is 14.8 Å². The minimum Gasteiger partial charge on any atom is -0.493 e. The van der Waals surface area contributed by atoms with E-state index < -0.39 is 0 Å². The average molecular weight is 352 g/mol. The van der Waals surface area contributed by atoms with Crippen molar-refractivity contribution in [2.75, 3.05) is 20.8 Å². The van der Waals surface area contributed by atoms with Crippen molar-refractivity contribution in [2.45, 2.75) is 20.3 Å². The van der Waals surface area contributed by atoms with Crippen molar-refractivity contribution in [3.05, 3.63) is 58.8 Å². The van der Waals surface area contributed by atoms with E-state index in [1.165, 1.54) is 5.56 Å². The van der Waals surface area contributed by atoms with Crippen molar-refractivity contribution in [3.8, 4) is 11.5 Å². The van der Waals surface area contributed by atoms with Gasteiger partial charge < -0.3 is 19.8 Å². The number of hydrogen-bond donors (Lipinski definition) is 2. The van der Waals surface area contributed by atoms with Crippen molar-refractivity contribution in [1.29, 1.82) is 0 Å². The van der Waals surface area contributed by atoms with Gasteiger partial charge in [-0.3, -0.25) is 4.79 Å². The molecule has 0 aliphatic carbocycles. The second-order valence-electron chi connectivity index (χ2n) is 6.37. The summed E-state index contributed by atoms with van der Waals surface area (Å²) in [5.41, 5.74) is 4.84. The fraction of sp³-hybridized carbons (Fsp3) is 0.286. The Morgan fingerprint density at radius 3 is 2.54 bits per heavy atom. The Morgan fingerprint density at radius 1 is 1.04 bits per heavy atom. The number of carbonyl (C=O) groups excluding carboxylic acids is 1. The van der Waals surface area contributed by atoms with Gasteiger partial charge in [0.2, 0.25) is 0 Å². The lowest BCUT2D eigenvalue weighted by Gasteiger charge is -2.10. The Bertz CT molecular complexity index is 944. The number of benzene rings is 2. The van der Waals surface area contributed by atoms with Crippen LogP contribution in [-0.4, -0.2) is 31.7 Å². The molecule has 0 aliphatic rings. The van der Waals surface area contributed by atoms with E-state index in [1.54, 1.807) is 14.2 Å². The molecule has 3 aromatic rings. The first-order valence-electron chi connectivity index (χ1n) is 8.61. The SMILES string of the molecule is COc1ccc(CCNC(=O)c2[nH]c3ccc(C)cc3c2C)cc1OC. The van der Waals surface area contributed by atoms with Gasteiger partial charge in [0, 0.05) is 17.4 Å². The summed E-state index contributed by atoms with van der Waals surface area (Å²) in [5.74, 6) is 1.30. The third-order valence-electron chi connectivity index (χ3n) is 4.59. The predicted molar refractivity (Wildman–Crippen MR) is 103 cm³/mol. The van der Waals surface area contributed by atoms with E-state index in [0.29, 0.717) is 30.2 Å². The molecule has 2 N–H and O–H groups in total. The number of methoxy groups -OCH3 is 2. The number of carbonyl (C=O) groups is 1. The van der Waals surface area contributed by atoms with Gasteiger partial charge in [0.15, 0.2) is 11.5 Å². The molecule has 26 heavy (non-hydrogen) atoms. The highest BCUT2D eigenvalue weighted by molar-refractivity contribution is 6.01. The van der Waals surface area contributed by atoms with E-state index in [1.807, 2.05) is 37.3 Å². The molecule has 136 valence electrons. The smallest absolute Gasteiger partial charge is 0.268 e. The van der Waals surface area contributed by atoms with E-state index in [0.717, 1.165) is 22.0 Å². The first-order chi connectivity index (χ1) is 12.5. The number of hydrogen-bond acceptors (Lipinski definition) is 3. The molecule has 5 heteroatoms. The van der Waals surface area contributed by atoms with Crippen molar-refractivity contribution in [3.63, 3.8) is 0 Å². The molecule has 1 amide bonds. The monoisotopic (exact) mass is 352 g/mol. The van der Waals surface area contributed by atoms with Gasteiger partial charge in [-0.05, 0) is 55.7 Å². The molecule has 0 spiro atoms. The summed E-state index contributed by atoms with van der Waals surface area (Å²) in [4.78, 5) is 15.8. The Labute approximate surface area is 153 Å². The molecular formula is C21H24N2O3. The van der Waals surface area contributed by atoms with Gasteiger partial charge in [0.05, 0.1) is 14.2 Å². The predicted octanol–water partition coefficient (Wildman–Crippen LogP) is 3.77. The van der Waals surface area contributed by atoms with Crippen LogP contribution >= 0.6 is 0 Å². The molecule has 0 radical (unpaired) electrons. The molecule has 0 fully saturated rings. The normalized spacial score (nSPS) is 10.8. The van der Waals surface area contributed by atoms with Gasteiger partial charge in [-0.1, -0.05) is 17.7 Å². The van der Waals surface area contributed by atoms with Crippen LogP contribution in [0.5, 0.6) is 11.5 Å². The number of rotatable bonds is 6. The Morgan fingerprint density at radius 2 is 1.81 bits per heavy atom. The van der Waals surface area contributed by atoms with Gasteiger partial charge in [0.25, 0.3) is 5.91 Å². The largest absolute Gasteiger partial charge is 0.493 e. The zero-order valence-electron chi connectivity index (χ0n) is 15.6. The lowest BCUT2D eigenvalue weighted by Crippen LogP contribution is -2.26. The standard InChI is InChI=1S/C21H24N2O3/c1-13-5-7-17-16(11-13)14(2)20(23-17)21(24)22-10-9-15-6-8-18(25-3)19(12-15)26-4/h5-8,11-12,23H,9-10H2,1-4H3,(H,22,24). The third kappa shape index (κ3) is 3.52. The van der Waals surface area contributed by atoms with Crippen LogP contribution in [0.2, 0.25) is 0 Å². The van der Waals surface area contributed by atoms with Crippen LogP contribution in [0.15, 0.2) is 36.4 Å². The lowest BCUT2D eigenvalue weighted by atomic mass is 10.1. The number of aromatic nitrogens is 1. The van der Waals surface area contributed by atoms with Gasteiger partial charge >= 0.3 is 0 Å². The van der Waals surface area contributed by atoms with Crippen LogP contribution in [0.4, 0.5) is 0 Å². The number of aromatic amines is 1. The molecule has 2 aromatic carbocycles. The molecule has 0 bridgehead atoms. The zero-order chi connectivity index (χ0) is 18.7. The van der Waals surface area contributed by atoms with Crippen LogP contribution in [-0.2, 0) is 6.42 Å². The Kier molecular flexibility index (Phi) is 5.16. The fourth-order valence-electron chi connectivity index (χ4n) is 3.11. The van der Waals surface area contributed by atoms with Crippen LogP contribution in [0.25, 0.3) is 10.9 Å². The first kappa shape index (κ1) is 17.9. The van der Waals surface area contributed by atoms with Crippen molar-refractivity contribution in [2.24, 2.45) is 0 Å². The lowest BCUT2D eigenvalue weighted by molar-refractivity contribution is 0.0949. The molecule has 3 rings (SSSR count). The van der Waals surface area contributed by atoms with Crippen LogP contribution in [0.1, 0.15) is 27.2 Å². The van der Waals surface area contributed by atoms with Gasteiger partial charge in [-0.2, -0.15) is 0 Å². The second-order valence-corrected chi connectivity index (χ2v) is 6.37. The number of ether oxygens (including phenoxy) is 2. The molecular weight excluding hydrogens is 328 g/mol. The topological polar surface area (TPSA) is 63.3 Å². The van der Waals surface area contributed by atoms with Gasteiger partial charge in [-0.25, -0.2) is 0 Å². The van der Waals surface area contributed by atoms with Crippen molar-refractivity contribution >= 4 is 16.8 Å². The highest BCUT2D eigenvalue weighted by Gasteiger charge is 2.14. The Hall–Kier alpha value is -2.95. The summed E-state index contributed by atoms with van der Waals surface area (Å²) in [6, 6.07) is 11.9. The second kappa shape index (κ2) is 7.52. The molecule has 0 atom stereocenters. The molecule has 0 saturated heterocycles. The summed E-state index contributed by atoms with van der Waals surface area (Å²) < 4.78 is 10.6. The van der Waals surface area contributed by atoms with Gasteiger partial charge in [-0.15, -0.1) is 0 Å². The maximum atomic E-state index is 12.5. The minimum atomic E-state index is -0.0863. The van der Waals surface area contributed by atoms with E-state index in [-0.39, 0.29) is 5.91 Å². The maximum absolute atomic E-state index is 12.5. The average Bonchev–Trinajstić information content (AvgIpc) is 2.97. The van der Waals surface area contributed by atoms with Gasteiger partial charge in [0.1, 0.15) is 5.69 Å². The molecule has 0 unspecified atom stereocenters. The molecule has 0 aliphatic heterocycles. The molecule has 5 nitrogen and oxygen atoms in total. The zero-order valence-corrected chi connectivity index (χ0v) is 15.6. The summed E-state index contributed by atoms with van der Waals surface area (Å²) in [6.07, 6.45) is 0.713. The summed E-state index contributed by atoms with van der Waals surface area (Å²) >= 11 is 0. The third-order valence-corrected chi connectivity index (χ3v) is 4.59. The number of fused-ring (bicyclic) bond motifs is 1. The van der Waals surface area contributed by atoms with Crippen LogP contribution in [0.3, 0.4) is 0 Å². The highest BCUT2D eigenvalue weighted by atomic mass is 16.5. The highest BCUT2D eigenvalue weighted by Crippen LogP contribution is 2.27. The van der Waals surface area contributed by atoms with Crippen molar-refractivity contribution in [1.82, 2.24) is 10.3 Å². The first-order valence-corrected chi connectivity index (χ1v) is 8.61. The number of aryl methyl sites for hydroxylation is 2. The quantitative estimate of drug-likeness (QED) is 0.710. The van der Waals surface area contributed by atoms with E-state index >= 15 is 0 Å². The number of nitrogens with one attached hydrogen (secondary N) is 2. The Balaban J connectivity index is 1.67. The van der Waals surface area contributed by atoms with E-state index in [2.05, 4.69) is 23.3 Å². The number of amides is 1. The summed E-state index contributed by atoms with van der Waals surface area (Å²) in [7, 11) is 3.23. The van der Waals surface area contributed by atoms with E-state index in [4.69, 9.17) is 9.47 Å². The molecule has 1 aromatic heterocycles. The summed E-state index contributed by atoms with van der Waals surface area (Å²) in [6.45, 7) is 4.57. The van der Waals surface area contributed by atoms with Crippen molar-refractivity contribution < 1.29 is 14.3 Å². The maximum Gasteiger partial charge on any atom is 0.268 e. The fourth-order valence-corrected chi connectivity index (χ4v) is 3.11. The van der Waals surface area contributed by atoms with Crippen LogP contribution in [0, 0.1) is 13.8 Å². The minimum absolute atomic E-state index is 0.0863. The van der Waals surface area contributed by atoms with E-state index in [9.17, 15) is 4.79 Å². The summed E-state index contributed by atoms with van der Waals surface area (Å²) in [5, 5.41) is 4.08. The molecule has 1 heterocycles. The molecule has 0 saturated carbocycles.